The molecule has 2 rings (SSSR count). The Labute approximate surface area is 101 Å². The van der Waals surface area contributed by atoms with Crippen molar-refractivity contribution in [2.75, 3.05) is 0 Å². The molecule has 0 saturated carbocycles. The third kappa shape index (κ3) is 1.88. The van der Waals surface area contributed by atoms with Crippen molar-refractivity contribution in [3.05, 3.63) is 40.9 Å². The van der Waals surface area contributed by atoms with E-state index in [0.717, 1.165) is 20.5 Å². The highest BCUT2D eigenvalue weighted by atomic mass is 79.9. The minimum atomic E-state index is -3.61. The van der Waals surface area contributed by atoms with Gasteiger partial charge in [0.15, 0.2) is 0 Å². The summed E-state index contributed by atoms with van der Waals surface area (Å²) in [7, 11) is -3.61. The van der Waals surface area contributed by atoms with Gasteiger partial charge in [-0.25, -0.2) is 4.98 Å². The average molecular weight is 302 g/mol. The van der Waals surface area contributed by atoms with Crippen LogP contribution in [0.3, 0.4) is 0 Å². The Bertz CT molecular complexity index is 608. The van der Waals surface area contributed by atoms with E-state index in [1.165, 1.54) is 12.4 Å². The number of benzene rings is 1. The summed E-state index contributed by atoms with van der Waals surface area (Å²) in [6.07, 6.45) is 2.34. The number of aromatic nitrogens is 3. The second kappa shape index (κ2) is 3.99. The predicted octanol–water partition coefficient (Wildman–Crippen LogP) is 1.59. The summed E-state index contributed by atoms with van der Waals surface area (Å²) >= 11 is 3.32. The van der Waals surface area contributed by atoms with Gasteiger partial charge in [-0.2, -0.15) is 8.42 Å². The Morgan fingerprint density at radius 3 is 2.69 bits per heavy atom. The van der Waals surface area contributed by atoms with E-state index in [4.69, 9.17) is 0 Å². The summed E-state index contributed by atoms with van der Waals surface area (Å²) in [6.45, 7) is 1.82. The van der Waals surface area contributed by atoms with Gasteiger partial charge < -0.3 is 0 Å². The lowest BCUT2D eigenvalue weighted by Crippen LogP contribution is -2.13. The fraction of sp³-hybridized carbons (Fsp3) is 0.111. The first-order valence-electron chi connectivity index (χ1n) is 4.38. The standard InChI is InChI=1S/C9H8BrN3O2S/c1-7-4-8(2-3-9(7)10)16(14,15)13-6-11-5-12-13/h2-6H,1H3. The maximum atomic E-state index is 12.0. The third-order valence-corrected chi connectivity index (χ3v) is 4.49. The smallest absolute Gasteiger partial charge is 0.222 e. The fourth-order valence-electron chi connectivity index (χ4n) is 1.21. The molecule has 0 atom stereocenters. The molecule has 0 N–H and O–H groups in total. The average Bonchev–Trinajstić information content (AvgIpc) is 2.75. The van der Waals surface area contributed by atoms with Crippen LogP contribution >= 0.6 is 15.9 Å². The van der Waals surface area contributed by atoms with Gasteiger partial charge in [0.2, 0.25) is 0 Å². The van der Waals surface area contributed by atoms with Gasteiger partial charge in [0.25, 0.3) is 10.0 Å². The minimum absolute atomic E-state index is 0.193. The first-order valence-corrected chi connectivity index (χ1v) is 6.61. The maximum absolute atomic E-state index is 12.0. The molecule has 0 aliphatic heterocycles. The van der Waals surface area contributed by atoms with E-state index in [0.29, 0.717) is 0 Å². The molecule has 2 aromatic rings. The van der Waals surface area contributed by atoms with E-state index in [2.05, 4.69) is 26.0 Å². The van der Waals surface area contributed by atoms with Gasteiger partial charge in [0, 0.05) is 4.47 Å². The molecule has 5 nitrogen and oxygen atoms in total. The molecule has 0 amide bonds. The third-order valence-electron chi connectivity index (χ3n) is 2.07. The maximum Gasteiger partial charge on any atom is 0.284 e. The highest BCUT2D eigenvalue weighted by Crippen LogP contribution is 2.20. The minimum Gasteiger partial charge on any atom is -0.222 e. The number of hydrogen-bond donors (Lipinski definition) is 0. The lowest BCUT2D eigenvalue weighted by atomic mass is 10.2. The monoisotopic (exact) mass is 301 g/mol. The van der Waals surface area contributed by atoms with Crippen LogP contribution < -0.4 is 0 Å². The molecule has 0 saturated heterocycles. The summed E-state index contributed by atoms with van der Waals surface area (Å²) in [4.78, 5) is 3.81. The van der Waals surface area contributed by atoms with E-state index in [1.807, 2.05) is 6.92 Å². The molecule has 0 spiro atoms. The van der Waals surface area contributed by atoms with Crippen molar-refractivity contribution in [1.82, 2.24) is 14.2 Å². The summed E-state index contributed by atoms with van der Waals surface area (Å²) in [5.41, 5.74) is 0.848. The van der Waals surface area contributed by atoms with Crippen molar-refractivity contribution in [3.63, 3.8) is 0 Å². The van der Waals surface area contributed by atoms with E-state index < -0.39 is 10.0 Å². The van der Waals surface area contributed by atoms with Crippen LogP contribution in [0.2, 0.25) is 0 Å². The molecule has 0 aliphatic rings. The topological polar surface area (TPSA) is 64.8 Å². The Hall–Kier alpha value is -1.21. The zero-order chi connectivity index (χ0) is 11.8. The van der Waals surface area contributed by atoms with Crippen molar-refractivity contribution < 1.29 is 8.42 Å². The number of rotatable bonds is 2. The van der Waals surface area contributed by atoms with E-state index in [9.17, 15) is 8.42 Å². The molecule has 1 heterocycles. The summed E-state index contributed by atoms with van der Waals surface area (Å²) < 4.78 is 25.7. The normalized spacial score (nSPS) is 11.6. The quantitative estimate of drug-likeness (QED) is 0.845. The Morgan fingerprint density at radius 2 is 2.12 bits per heavy atom. The first-order chi connectivity index (χ1) is 7.51. The van der Waals surface area contributed by atoms with Crippen LogP contribution in [-0.4, -0.2) is 22.6 Å². The molecule has 16 heavy (non-hydrogen) atoms. The largest absolute Gasteiger partial charge is 0.284 e. The summed E-state index contributed by atoms with van der Waals surface area (Å²) in [5, 5.41) is 3.62. The van der Waals surface area contributed by atoms with Crippen molar-refractivity contribution in [3.8, 4) is 0 Å². The van der Waals surface area contributed by atoms with Crippen LogP contribution in [0.1, 0.15) is 5.56 Å². The molecule has 7 heteroatoms. The van der Waals surface area contributed by atoms with Crippen molar-refractivity contribution in [2.24, 2.45) is 0 Å². The molecule has 84 valence electrons. The summed E-state index contributed by atoms with van der Waals surface area (Å²) in [5.74, 6) is 0. The predicted molar refractivity (Wildman–Crippen MR) is 61.5 cm³/mol. The molecule has 0 aliphatic carbocycles. The van der Waals surface area contributed by atoms with Crippen LogP contribution in [0.15, 0.2) is 40.2 Å². The summed E-state index contributed by atoms with van der Waals surface area (Å²) in [6, 6.07) is 4.80. The zero-order valence-corrected chi connectivity index (χ0v) is 10.7. The van der Waals surface area contributed by atoms with Crippen molar-refractivity contribution in [2.45, 2.75) is 11.8 Å². The molecular weight excluding hydrogens is 294 g/mol. The number of aryl methyl sites for hydroxylation is 1. The van der Waals surface area contributed by atoms with E-state index in [-0.39, 0.29) is 4.90 Å². The zero-order valence-electron chi connectivity index (χ0n) is 8.33. The van der Waals surface area contributed by atoms with Crippen LogP contribution in [0.25, 0.3) is 0 Å². The first kappa shape index (κ1) is 11.3. The molecule has 1 aromatic carbocycles. The Kier molecular flexibility index (Phi) is 2.81. The SMILES string of the molecule is Cc1cc(S(=O)(=O)n2cncn2)ccc1Br. The van der Waals surface area contributed by atoms with Crippen LogP contribution in [0, 0.1) is 6.92 Å². The molecular formula is C9H8BrN3O2S. The van der Waals surface area contributed by atoms with Gasteiger partial charge in [0.1, 0.15) is 12.7 Å². The van der Waals surface area contributed by atoms with Gasteiger partial charge in [-0.05, 0) is 30.7 Å². The lowest BCUT2D eigenvalue weighted by Gasteiger charge is -2.05. The lowest BCUT2D eigenvalue weighted by molar-refractivity contribution is 0.580. The van der Waals surface area contributed by atoms with Crippen molar-refractivity contribution >= 4 is 26.0 Å². The highest BCUT2D eigenvalue weighted by Gasteiger charge is 2.17. The molecule has 0 bridgehead atoms. The fourth-order valence-corrected chi connectivity index (χ4v) is 2.58. The van der Waals surface area contributed by atoms with E-state index >= 15 is 0 Å². The van der Waals surface area contributed by atoms with Gasteiger partial charge in [-0.15, -0.1) is 9.19 Å². The number of nitrogens with zero attached hydrogens (tertiary/aromatic N) is 3. The number of halogens is 1. The molecule has 0 fully saturated rings. The van der Waals surface area contributed by atoms with Gasteiger partial charge in [-0.1, -0.05) is 15.9 Å². The molecule has 1 aromatic heterocycles. The van der Waals surface area contributed by atoms with Gasteiger partial charge in [-0.3, -0.25) is 0 Å². The second-order valence-electron chi connectivity index (χ2n) is 3.18. The number of hydrogen-bond acceptors (Lipinski definition) is 4. The van der Waals surface area contributed by atoms with Crippen molar-refractivity contribution in [1.29, 1.82) is 0 Å². The van der Waals surface area contributed by atoms with Gasteiger partial charge in [0.05, 0.1) is 4.90 Å². The Balaban J connectivity index is 2.57. The van der Waals surface area contributed by atoms with E-state index in [1.54, 1.807) is 12.1 Å². The van der Waals surface area contributed by atoms with Crippen LogP contribution in [0.4, 0.5) is 0 Å². The highest BCUT2D eigenvalue weighted by molar-refractivity contribution is 9.10. The second-order valence-corrected chi connectivity index (χ2v) is 5.83. The van der Waals surface area contributed by atoms with Gasteiger partial charge >= 0.3 is 0 Å². The van der Waals surface area contributed by atoms with Crippen LogP contribution in [-0.2, 0) is 10.0 Å². The van der Waals surface area contributed by atoms with Crippen LogP contribution in [0.5, 0.6) is 0 Å². The molecule has 0 radical (unpaired) electrons. The Morgan fingerprint density at radius 1 is 1.38 bits per heavy atom. The molecule has 0 unspecified atom stereocenters.